The molecule has 0 N–H and O–H groups in total. The molecule has 0 saturated heterocycles. The Hall–Kier alpha value is -3.08. The van der Waals surface area contributed by atoms with Gasteiger partial charge in [-0.2, -0.15) is 0 Å². The molecule has 1 heterocycles. The minimum atomic E-state index is 0.423. The molecule has 3 rings (SSSR count). The van der Waals surface area contributed by atoms with Crippen molar-refractivity contribution in [2.45, 2.75) is 0 Å². The highest BCUT2D eigenvalue weighted by molar-refractivity contribution is 5.99. The van der Waals surface area contributed by atoms with E-state index in [1.54, 1.807) is 26.5 Å². The van der Waals surface area contributed by atoms with Crippen molar-refractivity contribution >= 4 is 17.2 Å². The highest BCUT2D eigenvalue weighted by atomic mass is 16.5. The molecule has 2 aromatic carbocycles. The fraction of sp³-hybridized carbons (Fsp3) is 0.158. The number of hydrogen-bond donors (Lipinski definition) is 0. The van der Waals surface area contributed by atoms with Gasteiger partial charge in [-0.1, -0.05) is 6.07 Å². The standard InChI is InChI=1S/C19H17NO4/c1-22-16-7-6-14(15-5-4-8-20-18(15)16)12-9-13(11-21)19(24-3)17(10-12)23-2/h4-11H,1-3H3. The Bertz CT molecular complexity index is 905. The molecule has 5 heteroatoms. The number of fused-ring (bicyclic) bond motifs is 1. The van der Waals surface area contributed by atoms with Crippen LogP contribution in [0.15, 0.2) is 42.6 Å². The van der Waals surface area contributed by atoms with Crippen molar-refractivity contribution in [1.82, 2.24) is 4.98 Å². The molecule has 0 unspecified atom stereocenters. The summed E-state index contributed by atoms with van der Waals surface area (Å²) < 4.78 is 16.0. The molecular weight excluding hydrogens is 306 g/mol. The van der Waals surface area contributed by atoms with Gasteiger partial charge in [-0.3, -0.25) is 9.78 Å². The largest absolute Gasteiger partial charge is 0.494 e. The fourth-order valence-corrected chi connectivity index (χ4v) is 2.80. The first-order valence-electron chi connectivity index (χ1n) is 7.36. The Labute approximate surface area is 139 Å². The van der Waals surface area contributed by atoms with E-state index in [1.165, 1.54) is 7.11 Å². The van der Waals surface area contributed by atoms with Crippen LogP contribution in [0.3, 0.4) is 0 Å². The third kappa shape index (κ3) is 2.54. The van der Waals surface area contributed by atoms with E-state index in [4.69, 9.17) is 14.2 Å². The number of rotatable bonds is 5. The van der Waals surface area contributed by atoms with Gasteiger partial charge in [0.05, 0.1) is 26.9 Å². The number of pyridine rings is 1. The van der Waals surface area contributed by atoms with Crippen molar-refractivity contribution in [2.24, 2.45) is 0 Å². The molecule has 24 heavy (non-hydrogen) atoms. The van der Waals surface area contributed by atoms with Crippen LogP contribution in [0.4, 0.5) is 0 Å². The smallest absolute Gasteiger partial charge is 0.171 e. The van der Waals surface area contributed by atoms with Crippen molar-refractivity contribution in [2.75, 3.05) is 21.3 Å². The highest BCUT2D eigenvalue weighted by Gasteiger charge is 2.15. The van der Waals surface area contributed by atoms with Crippen molar-refractivity contribution in [3.8, 4) is 28.4 Å². The summed E-state index contributed by atoms with van der Waals surface area (Å²) in [6, 6.07) is 11.3. The molecule has 0 aliphatic heterocycles. The van der Waals surface area contributed by atoms with E-state index in [0.717, 1.165) is 28.3 Å². The van der Waals surface area contributed by atoms with Crippen LogP contribution < -0.4 is 14.2 Å². The van der Waals surface area contributed by atoms with Crippen LogP contribution in [0.2, 0.25) is 0 Å². The third-order valence-corrected chi connectivity index (χ3v) is 3.90. The number of benzene rings is 2. The average Bonchev–Trinajstić information content (AvgIpc) is 2.65. The van der Waals surface area contributed by atoms with Crippen molar-refractivity contribution in [3.05, 3.63) is 48.2 Å². The van der Waals surface area contributed by atoms with E-state index >= 15 is 0 Å². The average molecular weight is 323 g/mol. The molecule has 0 bridgehead atoms. The van der Waals surface area contributed by atoms with Gasteiger partial charge in [-0.15, -0.1) is 0 Å². The highest BCUT2D eigenvalue weighted by Crippen LogP contribution is 2.39. The number of carbonyl (C=O) groups excluding carboxylic acids is 1. The molecule has 5 nitrogen and oxygen atoms in total. The molecule has 0 radical (unpaired) electrons. The van der Waals surface area contributed by atoms with Crippen LogP contribution in [0.1, 0.15) is 10.4 Å². The minimum Gasteiger partial charge on any atom is -0.494 e. The molecule has 0 fully saturated rings. The molecule has 0 aliphatic rings. The van der Waals surface area contributed by atoms with Crippen LogP contribution in [0.5, 0.6) is 17.2 Å². The molecule has 0 aliphatic carbocycles. The summed E-state index contributed by atoms with van der Waals surface area (Å²) >= 11 is 0. The summed E-state index contributed by atoms with van der Waals surface area (Å²) in [5, 5.41) is 0.931. The van der Waals surface area contributed by atoms with Gasteiger partial charge in [0.15, 0.2) is 17.8 Å². The lowest BCUT2D eigenvalue weighted by molar-refractivity contribution is 0.112. The Balaban J connectivity index is 2.30. The molecule has 0 atom stereocenters. The number of hydrogen-bond acceptors (Lipinski definition) is 5. The van der Waals surface area contributed by atoms with Crippen LogP contribution >= 0.6 is 0 Å². The summed E-state index contributed by atoms with van der Waals surface area (Å²) in [5.74, 6) is 1.63. The van der Waals surface area contributed by atoms with E-state index in [-0.39, 0.29) is 0 Å². The maximum absolute atomic E-state index is 11.4. The Morgan fingerprint density at radius 1 is 0.958 bits per heavy atom. The second-order valence-corrected chi connectivity index (χ2v) is 5.13. The van der Waals surface area contributed by atoms with Gasteiger partial charge in [-0.25, -0.2) is 0 Å². The second kappa shape index (κ2) is 6.58. The molecule has 0 saturated carbocycles. The zero-order valence-corrected chi connectivity index (χ0v) is 13.7. The van der Waals surface area contributed by atoms with Gasteiger partial charge in [0.25, 0.3) is 0 Å². The zero-order chi connectivity index (χ0) is 17.1. The monoisotopic (exact) mass is 323 g/mol. The van der Waals surface area contributed by atoms with E-state index in [0.29, 0.717) is 22.8 Å². The fourth-order valence-electron chi connectivity index (χ4n) is 2.80. The van der Waals surface area contributed by atoms with Crippen molar-refractivity contribution < 1.29 is 19.0 Å². The number of carbonyl (C=O) groups is 1. The van der Waals surface area contributed by atoms with Crippen LogP contribution in [-0.4, -0.2) is 32.6 Å². The van der Waals surface area contributed by atoms with Crippen LogP contribution in [0, 0.1) is 0 Å². The van der Waals surface area contributed by atoms with E-state index < -0.39 is 0 Å². The molecule has 1 aromatic heterocycles. The predicted octanol–water partition coefficient (Wildman–Crippen LogP) is 3.74. The zero-order valence-electron chi connectivity index (χ0n) is 13.7. The number of aldehydes is 1. The normalized spacial score (nSPS) is 10.5. The first-order chi connectivity index (χ1) is 11.7. The van der Waals surface area contributed by atoms with E-state index in [9.17, 15) is 4.79 Å². The molecule has 3 aromatic rings. The Morgan fingerprint density at radius 2 is 1.75 bits per heavy atom. The number of aromatic nitrogens is 1. The van der Waals surface area contributed by atoms with Gasteiger partial charge < -0.3 is 14.2 Å². The second-order valence-electron chi connectivity index (χ2n) is 5.13. The summed E-state index contributed by atoms with van der Waals surface area (Å²) in [6.07, 6.45) is 2.48. The van der Waals surface area contributed by atoms with Crippen LogP contribution in [0.25, 0.3) is 22.0 Å². The van der Waals surface area contributed by atoms with Gasteiger partial charge in [0.1, 0.15) is 11.3 Å². The Morgan fingerprint density at radius 3 is 2.42 bits per heavy atom. The molecule has 0 spiro atoms. The maximum atomic E-state index is 11.4. The van der Waals surface area contributed by atoms with E-state index in [2.05, 4.69) is 4.98 Å². The molecule has 0 amide bonds. The molecular formula is C19H17NO4. The predicted molar refractivity (Wildman–Crippen MR) is 92.2 cm³/mol. The molecule has 122 valence electrons. The van der Waals surface area contributed by atoms with Crippen molar-refractivity contribution in [1.29, 1.82) is 0 Å². The van der Waals surface area contributed by atoms with Crippen LogP contribution in [-0.2, 0) is 0 Å². The summed E-state index contributed by atoms with van der Waals surface area (Å²) in [5.41, 5.74) is 2.97. The first kappa shape index (κ1) is 15.8. The summed E-state index contributed by atoms with van der Waals surface area (Å²) in [6.45, 7) is 0. The minimum absolute atomic E-state index is 0.423. The lowest BCUT2D eigenvalue weighted by Crippen LogP contribution is -1.97. The SMILES string of the molecule is COc1cc(-c2ccc(OC)c3ncccc23)cc(C=O)c1OC. The lowest BCUT2D eigenvalue weighted by Gasteiger charge is -2.14. The third-order valence-electron chi connectivity index (χ3n) is 3.90. The number of ether oxygens (including phenoxy) is 3. The lowest BCUT2D eigenvalue weighted by atomic mass is 9.98. The van der Waals surface area contributed by atoms with Gasteiger partial charge in [-0.05, 0) is 41.5 Å². The van der Waals surface area contributed by atoms with Crippen molar-refractivity contribution in [3.63, 3.8) is 0 Å². The summed E-state index contributed by atoms with van der Waals surface area (Å²) in [7, 11) is 4.67. The topological polar surface area (TPSA) is 57.7 Å². The maximum Gasteiger partial charge on any atom is 0.171 e. The first-order valence-corrected chi connectivity index (χ1v) is 7.36. The van der Waals surface area contributed by atoms with E-state index in [1.807, 2.05) is 30.3 Å². The summed E-state index contributed by atoms with van der Waals surface area (Å²) in [4.78, 5) is 15.8. The quantitative estimate of drug-likeness (QED) is 0.669. The van der Waals surface area contributed by atoms with Gasteiger partial charge in [0.2, 0.25) is 0 Å². The van der Waals surface area contributed by atoms with Gasteiger partial charge in [0, 0.05) is 11.6 Å². The Kier molecular flexibility index (Phi) is 4.33. The number of methoxy groups -OCH3 is 3. The van der Waals surface area contributed by atoms with Gasteiger partial charge >= 0.3 is 0 Å². The number of nitrogens with zero attached hydrogens (tertiary/aromatic N) is 1.